The molecule has 0 spiro atoms. The summed E-state index contributed by atoms with van der Waals surface area (Å²) in [5.74, 6) is -0.970. The van der Waals surface area contributed by atoms with Crippen molar-refractivity contribution in [2.75, 3.05) is 0 Å². The van der Waals surface area contributed by atoms with E-state index in [4.69, 9.17) is 5.11 Å². The van der Waals surface area contributed by atoms with Crippen LogP contribution in [0.1, 0.15) is 6.42 Å². The van der Waals surface area contributed by atoms with Gasteiger partial charge >= 0.3 is 5.97 Å². The van der Waals surface area contributed by atoms with Gasteiger partial charge in [-0.2, -0.15) is 10.2 Å². The van der Waals surface area contributed by atoms with Crippen molar-refractivity contribution in [2.45, 2.75) is 13.0 Å². The molecule has 1 aromatic carbocycles. The van der Waals surface area contributed by atoms with Crippen LogP contribution < -0.4 is 5.56 Å². The molecule has 3 aromatic rings. The van der Waals surface area contributed by atoms with E-state index in [-0.39, 0.29) is 18.5 Å². The Morgan fingerprint density at radius 2 is 2.00 bits per heavy atom. The molecule has 106 valence electrons. The molecule has 1 N–H and O–H groups in total. The molecule has 0 fully saturated rings. The largest absolute Gasteiger partial charge is 0.481 e. The first-order valence-electron chi connectivity index (χ1n) is 6.38. The molecule has 0 saturated carbocycles. The fourth-order valence-electron chi connectivity index (χ4n) is 2.05. The Hall–Kier alpha value is -2.96. The monoisotopic (exact) mass is 284 g/mol. The van der Waals surface area contributed by atoms with E-state index in [9.17, 15) is 9.59 Å². The molecule has 0 aliphatic heterocycles. The number of carboxylic acids is 1. The molecule has 0 bridgehead atoms. The van der Waals surface area contributed by atoms with E-state index in [1.807, 2.05) is 30.3 Å². The van der Waals surface area contributed by atoms with Crippen molar-refractivity contribution in [3.05, 3.63) is 53.1 Å². The zero-order chi connectivity index (χ0) is 14.8. The quantitative estimate of drug-likeness (QED) is 0.773. The maximum atomic E-state index is 12.2. The third-order valence-corrected chi connectivity index (χ3v) is 3.10. The van der Waals surface area contributed by atoms with Gasteiger partial charge in [-0.25, -0.2) is 9.20 Å². The molecule has 2 aromatic heterocycles. The summed E-state index contributed by atoms with van der Waals surface area (Å²) in [5, 5.41) is 16.9. The molecule has 0 unspecified atom stereocenters. The van der Waals surface area contributed by atoms with Gasteiger partial charge in [-0.05, 0) is 6.07 Å². The van der Waals surface area contributed by atoms with Crippen LogP contribution in [0.5, 0.6) is 0 Å². The van der Waals surface area contributed by atoms with Gasteiger partial charge < -0.3 is 5.11 Å². The predicted octanol–water partition coefficient (Wildman–Crippen LogP) is 1.03. The number of carbonyl (C=O) groups is 1. The number of hydrogen-bond donors (Lipinski definition) is 1. The number of fused-ring (bicyclic) bond motifs is 1. The van der Waals surface area contributed by atoms with Crippen molar-refractivity contribution in [3.63, 3.8) is 0 Å². The van der Waals surface area contributed by atoms with Crippen LogP contribution in [0.15, 0.2) is 47.5 Å². The van der Waals surface area contributed by atoms with Gasteiger partial charge in [0, 0.05) is 5.56 Å². The number of hydrogen-bond acceptors (Lipinski definition) is 4. The van der Waals surface area contributed by atoms with Gasteiger partial charge in [0.1, 0.15) is 11.8 Å². The van der Waals surface area contributed by atoms with Gasteiger partial charge in [0.2, 0.25) is 0 Å². The van der Waals surface area contributed by atoms with Crippen molar-refractivity contribution in [3.8, 4) is 11.3 Å². The summed E-state index contributed by atoms with van der Waals surface area (Å²) in [6.07, 6.45) is 1.26. The number of aryl methyl sites for hydroxylation is 1. The van der Waals surface area contributed by atoms with Gasteiger partial charge in [-0.3, -0.25) is 9.59 Å². The topological polar surface area (TPSA) is 89.5 Å². The second-order valence-electron chi connectivity index (χ2n) is 4.53. The third kappa shape index (κ3) is 2.53. The molecule has 7 nitrogen and oxygen atoms in total. The van der Waals surface area contributed by atoms with Crippen LogP contribution in [0.2, 0.25) is 0 Å². The lowest BCUT2D eigenvalue weighted by molar-refractivity contribution is -0.137. The Morgan fingerprint density at radius 1 is 1.24 bits per heavy atom. The van der Waals surface area contributed by atoms with Gasteiger partial charge in [0.25, 0.3) is 5.56 Å². The normalized spacial score (nSPS) is 10.9. The van der Waals surface area contributed by atoms with Gasteiger partial charge in [0.15, 0.2) is 0 Å². The standard InChI is InChI=1S/C14H12N4O3/c19-13(20)6-7-17-14(21)12-8-11(16-18(12)9-15-17)10-4-2-1-3-5-10/h1-5,8-9H,6-7H2,(H,19,20). The number of benzene rings is 1. The van der Waals surface area contributed by atoms with E-state index < -0.39 is 5.97 Å². The Balaban J connectivity index is 2.04. The maximum Gasteiger partial charge on any atom is 0.305 e. The van der Waals surface area contributed by atoms with Crippen LogP contribution in [0.3, 0.4) is 0 Å². The number of aliphatic carboxylic acids is 1. The molecular formula is C14H12N4O3. The van der Waals surface area contributed by atoms with Crippen LogP contribution >= 0.6 is 0 Å². The van der Waals surface area contributed by atoms with Crippen LogP contribution in [-0.2, 0) is 11.3 Å². The van der Waals surface area contributed by atoms with Crippen molar-refractivity contribution in [1.82, 2.24) is 19.4 Å². The Bertz CT molecular complexity index is 852. The second kappa shape index (κ2) is 5.20. The molecule has 0 radical (unpaired) electrons. The van der Waals surface area contributed by atoms with Crippen molar-refractivity contribution >= 4 is 11.5 Å². The van der Waals surface area contributed by atoms with Crippen LogP contribution in [0.4, 0.5) is 0 Å². The molecule has 0 aliphatic carbocycles. The number of rotatable bonds is 4. The number of aromatic nitrogens is 4. The summed E-state index contributed by atoms with van der Waals surface area (Å²) in [6, 6.07) is 11.2. The van der Waals surface area contributed by atoms with Crippen molar-refractivity contribution < 1.29 is 9.90 Å². The van der Waals surface area contributed by atoms with Crippen LogP contribution in [-0.4, -0.2) is 30.5 Å². The van der Waals surface area contributed by atoms with E-state index in [0.717, 1.165) is 10.2 Å². The number of nitrogens with zero attached hydrogens (tertiary/aromatic N) is 4. The lowest BCUT2D eigenvalue weighted by atomic mass is 10.1. The molecule has 0 atom stereocenters. The molecule has 0 saturated heterocycles. The van der Waals surface area contributed by atoms with Crippen molar-refractivity contribution in [1.29, 1.82) is 0 Å². The Kier molecular flexibility index (Phi) is 3.23. The minimum absolute atomic E-state index is 0.0382. The number of carboxylic acid groups (broad SMARTS) is 1. The highest BCUT2D eigenvalue weighted by molar-refractivity contribution is 5.67. The van der Waals surface area contributed by atoms with Crippen LogP contribution in [0, 0.1) is 0 Å². The van der Waals surface area contributed by atoms with E-state index in [0.29, 0.717) is 11.2 Å². The van der Waals surface area contributed by atoms with Gasteiger partial charge in [-0.1, -0.05) is 30.3 Å². The Morgan fingerprint density at radius 3 is 2.71 bits per heavy atom. The average Bonchev–Trinajstić information content (AvgIpc) is 2.92. The van der Waals surface area contributed by atoms with E-state index in [1.165, 1.54) is 10.8 Å². The summed E-state index contributed by atoms with van der Waals surface area (Å²) in [4.78, 5) is 22.8. The minimum atomic E-state index is -0.970. The maximum absolute atomic E-state index is 12.2. The zero-order valence-electron chi connectivity index (χ0n) is 11.0. The first-order valence-corrected chi connectivity index (χ1v) is 6.38. The molecule has 0 amide bonds. The highest BCUT2D eigenvalue weighted by Gasteiger charge is 2.10. The Labute approximate surface area is 119 Å². The smallest absolute Gasteiger partial charge is 0.305 e. The summed E-state index contributed by atoms with van der Waals surface area (Å²) in [5.41, 5.74) is 1.59. The molecule has 0 aliphatic rings. The highest BCUT2D eigenvalue weighted by atomic mass is 16.4. The highest BCUT2D eigenvalue weighted by Crippen LogP contribution is 2.17. The molecule has 21 heavy (non-hydrogen) atoms. The van der Waals surface area contributed by atoms with Gasteiger partial charge in [-0.15, -0.1) is 0 Å². The first-order chi connectivity index (χ1) is 10.1. The van der Waals surface area contributed by atoms with Gasteiger partial charge in [0.05, 0.1) is 18.7 Å². The predicted molar refractivity (Wildman–Crippen MR) is 74.9 cm³/mol. The summed E-state index contributed by atoms with van der Waals surface area (Å²) >= 11 is 0. The fraction of sp³-hybridized carbons (Fsp3) is 0.143. The second-order valence-corrected chi connectivity index (χ2v) is 4.53. The summed E-state index contributed by atoms with van der Waals surface area (Å²) in [7, 11) is 0. The zero-order valence-corrected chi connectivity index (χ0v) is 11.0. The van der Waals surface area contributed by atoms with E-state index >= 15 is 0 Å². The summed E-state index contributed by atoms with van der Waals surface area (Å²) in [6.45, 7) is 0.0382. The average molecular weight is 284 g/mol. The molecule has 3 rings (SSSR count). The van der Waals surface area contributed by atoms with E-state index in [1.54, 1.807) is 6.07 Å². The molecule has 7 heteroatoms. The lowest BCUT2D eigenvalue weighted by Crippen LogP contribution is -2.25. The third-order valence-electron chi connectivity index (χ3n) is 3.10. The minimum Gasteiger partial charge on any atom is -0.481 e. The summed E-state index contributed by atoms with van der Waals surface area (Å²) < 4.78 is 2.54. The van der Waals surface area contributed by atoms with Crippen molar-refractivity contribution in [2.24, 2.45) is 0 Å². The lowest BCUT2D eigenvalue weighted by Gasteiger charge is -2.01. The van der Waals surface area contributed by atoms with E-state index in [2.05, 4.69) is 10.2 Å². The molecular weight excluding hydrogens is 272 g/mol. The fourth-order valence-corrected chi connectivity index (χ4v) is 2.05. The molecule has 2 heterocycles. The SMILES string of the molecule is O=C(O)CCn1ncn2nc(-c3ccccc3)cc2c1=O. The van der Waals surface area contributed by atoms with Crippen LogP contribution in [0.25, 0.3) is 16.8 Å². The first kappa shape index (κ1) is 13.0.